The van der Waals surface area contributed by atoms with E-state index in [-0.39, 0.29) is 4.90 Å². The summed E-state index contributed by atoms with van der Waals surface area (Å²) in [5, 5.41) is 0. The van der Waals surface area contributed by atoms with Crippen LogP contribution in [-0.2, 0) is 16.7 Å². The van der Waals surface area contributed by atoms with Crippen LogP contribution in [0.5, 0.6) is 0 Å². The summed E-state index contributed by atoms with van der Waals surface area (Å²) in [5.74, 6) is 0. The number of benzene rings is 2. The van der Waals surface area contributed by atoms with Gasteiger partial charge in [0.15, 0.2) is 0 Å². The van der Waals surface area contributed by atoms with Crippen LogP contribution >= 0.6 is 0 Å². The highest BCUT2D eigenvalue weighted by Crippen LogP contribution is 2.09. The van der Waals surface area contributed by atoms with Gasteiger partial charge in [-0.3, -0.25) is 0 Å². The van der Waals surface area contributed by atoms with Gasteiger partial charge in [-0.05, 0) is 24.3 Å². The molecule has 0 radical (unpaired) electrons. The van der Waals surface area contributed by atoms with E-state index >= 15 is 0 Å². The third kappa shape index (κ3) is 7.21. The van der Waals surface area contributed by atoms with Crippen LogP contribution in [0.4, 0.5) is 5.69 Å². The topological polar surface area (TPSA) is 83.2 Å². The highest BCUT2D eigenvalue weighted by molar-refractivity contribution is 7.85. The Kier molecular flexibility index (Phi) is 6.11. The molecule has 0 saturated carbocycles. The van der Waals surface area contributed by atoms with Crippen LogP contribution in [-0.4, -0.2) is 38.6 Å². The fraction of sp³-hybridized carbons (Fsp3) is 0.250. The first kappa shape index (κ1) is 18.2. The molecule has 0 fully saturated rings. The predicted octanol–water partition coefficient (Wildman–Crippen LogP) is 2.07. The lowest BCUT2D eigenvalue weighted by Gasteiger charge is -2.23. The SMILES string of the molecule is C[N+](C)(C)Cc1ccc(N)cc1.O=S(=O)([O-])c1ccccc1. The Bertz CT molecular complexity index is 676. The molecule has 22 heavy (non-hydrogen) atoms. The van der Waals surface area contributed by atoms with E-state index in [2.05, 4.69) is 33.3 Å². The lowest BCUT2D eigenvalue weighted by molar-refractivity contribution is -0.884. The van der Waals surface area contributed by atoms with Crippen LogP contribution < -0.4 is 5.73 Å². The maximum absolute atomic E-state index is 10.3. The summed E-state index contributed by atoms with van der Waals surface area (Å²) < 4.78 is 31.8. The third-order valence-corrected chi connectivity index (χ3v) is 3.52. The van der Waals surface area contributed by atoms with E-state index in [0.717, 1.165) is 16.7 Å². The van der Waals surface area contributed by atoms with Crippen molar-refractivity contribution in [1.29, 1.82) is 0 Å². The van der Waals surface area contributed by atoms with Crippen LogP contribution in [0.15, 0.2) is 59.5 Å². The van der Waals surface area contributed by atoms with Crippen molar-refractivity contribution in [2.24, 2.45) is 0 Å². The minimum atomic E-state index is -4.25. The molecule has 0 unspecified atom stereocenters. The van der Waals surface area contributed by atoms with Gasteiger partial charge in [-0.2, -0.15) is 0 Å². The number of nitrogen functional groups attached to an aromatic ring is 1. The molecule has 6 heteroatoms. The van der Waals surface area contributed by atoms with Gasteiger partial charge in [0.1, 0.15) is 16.7 Å². The first-order chi connectivity index (χ1) is 10.1. The number of quaternary nitrogens is 1. The van der Waals surface area contributed by atoms with Crippen LogP contribution in [0.1, 0.15) is 5.56 Å². The summed E-state index contributed by atoms with van der Waals surface area (Å²) in [7, 11) is 2.28. The van der Waals surface area contributed by atoms with Crippen molar-refractivity contribution in [3.63, 3.8) is 0 Å². The Morgan fingerprint density at radius 3 is 1.82 bits per heavy atom. The van der Waals surface area contributed by atoms with Gasteiger partial charge < -0.3 is 14.8 Å². The zero-order valence-corrected chi connectivity index (χ0v) is 13.9. The van der Waals surface area contributed by atoms with E-state index in [1.165, 1.54) is 29.8 Å². The van der Waals surface area contributed by atoms with E-state index < -0.39 is 10.1 Å². The minimum absolute atomic E-state index is 0.185. The molecule has 5 nitrogen and oxygen atoms in total. The number of nitrogens with two attached hydrogens (primary N) is 1. The quantitative estimate of drug-likeness (QED) is 0.533. The molecule has 2 aromatic carbocycles. The second-order valence-electron chi connectivity index (χ2n) is 5.96. The van der Waals surface area contributed by atoms with Gasteiger partial charge in [-0.25, -0.2) is 8.42 Å². The molecule has 0 aliphatic heterocycles. The lowest BCUT2D eigenvalue weighted by Crippen LogP contribution is -2.33. The molecule has 0 aliphatic carbocycles. The van der Waals surface area contributed by atoms with Crippen LogP contribution in [0.3, 0.4) is 0 Å². The highest BCUT2D eigenvalue weighted by Gasteiger charge is 2.07. The molecule has 0 saturated heterocycles. The van der Waals surface area contributed by atoms with Gasteiger partial charge in [0, 0.05) is 11.3 Å². The van der Waals surface area contributed by atoms with E-state index in [9.17, 15) is 13.0 Å². The second kappa shape index (κ2) is 7.40. The smallest absolute Gasteiger partial charge is 0.124 e. The second-order valence-corrected chi connectivity index (χ2v) is 7.34. The monoisotopic (exact) mass is 322 g/mol. The molecule has 2 rings (SSSR count). The fourth-order valence-electron chi connectivity index (χ4n) is 1.76. The zero-order valence-electron chi connectivity index (χ0n) is 13.1. The standard InChI is InChI=1S/C10H17N2.C6H6O3S/c1-12(2,3)8-9-4-6-10(11)7-5-9;7-10(8,9)6-4-2-1-3-5-6/h4-7H,8,11H2,1-3H3;1-5H,(H,7,8,9)/q+1;/p-1. The van der Waals surface area contributed by atoms with E-state index in [4.69, 9.17) is 5.73 Å². The van der Waals surface area contributed by atoms with Crippen molar-refractivity contribution >= 4 is 15.8 Å². The Hall–Kier alpha value is -1.89. The van der Waals surface area contributed by atoms with Crippen LogP contribution in [0, 0.1) is 0 Å². The Morgan fingerprint density at radius 1 is 0.955 bits per heavy atom. The largest absolute Gasteiger partial charge is 0.744 e. The third-order valence-electron chi connectivity index (χ3n) is 2.67. The molecule has 2 aromatic rings. The summed E-state index contributed by atoms with van der Waals surface area (Å²) in [6.07, 6.45) is 0. The van der Waals surface area contributed by atoms with Gasteiger partial charge in [-0.15, -0.1) is 0 Å². The van der Waals surface area contributed by atoms with Crippen molar-refractivity contribution < 1.29 is 17.5 Å². The van der Waals surface area contributed by atoms with E-state index in [0.29, 0.717) is 0 Å². The molecular weight excluding hydrogens is 300 g/mol. The maximum atomic E-state index is 10.3. The molecule has 0 aliphatic rings. The van der Waals surface area contributed by atoms with Crippen molar-refractivity contribution in [2.45, 2.75) is 11.4 Å². The van der Waals surface area contributed by atoms with Gasteiger partial charge in [0.2, 0.25) is 0 Å². The maximum Gasteiger partial charge on any atom is 0.124 e. The number of rotatable bonds is 3. The van der Waals surface area contributed by atoms with Crippen LogP contribution in [0.2, 0.25) is 0 Å². The van der Waals surface area contributed by atoms with Gasteiger partial charge in [-0.1, -0.05) is 30.3 Å². The number of hydrogen-bond acceptors (Lipinski definition) is 4. The summed E-state index contributed by atoms with van der Waals surface area (Å²) in [6.45, 7) is 1.04. The van der Waals surface area contributed by atoms with Gasteiger partial charge >= 0.3 is 0 Å². The molecule has 120 valence electrons. The van der Waals surface area contributed by atoms with Crippen molar-refractivity contribution in [2.75, 3.05) is 26.9 Å². The summed E-state index contributed by atoms with van der Waals surface area (Å²) in [5.41, 5.74) is 7.75. The Labute approximate surface area is 132 Å². The average Bonchev–Trinajstić information content (AvgIpc) is 2.41. The molecule has 0 heterocycles. The Morgan fingerprint density at radius 2 is 1.45 bits per heavy atom. The fourth-order valence-corrected chi connectivity index (χ4v) is 2.25. The van der Waals surface area contributed by atoms with Crippen LogP contribution in [0.25, 0.3) is 0 Å². The average molecular weight is 322 g/mol. The number of hydrogen-bond donors (Lipinski definition) is 1. The van der Waals surface area contributed by atoms with Gasteiger partial charge in [0.25, 0.3) is 0 Å². The number of nitrogens with zero attached hydrogens (tertiary/aromatic N) is 1. The molecule has 0 aromatic heterocycles. The molecule has 0 spiro atoms. The molecule has 0 amide bonds. The molecule has 2 N–H and O–H groups in total. The predicted molar refractivity (Wildman–Crippen MR) is 87.0 cm³/mol. The van der Waals surface area contributed by atoms with Crippen molar-refractivity contribution in [3.8, 4) is 0 Å². The molecule has 0 atom stereocenters. The Balaban J connectivity index is 0.000000224. The van der Waals surface area contributed by atoms with Crippen molar-refractivity contribution in [3.05, 3.63) is 60.2 Å². The van der Waals surface area contributed by atoms with Gasteiger partial charge in [0.05, 0.1) is 26.0 Å². The van der Waals surface area contributed by atoms with E-state index in [1.54, 1.807) is 6.07 Å². The lowest BCUT2D eigenvalue weighted by atomic mass is 10.2. The normalized spacial score (nSPS) is 11.5. The minimum Gasteiger partial charge on any atom is -0.744 e. The molecular formula is C16H22N2O3S. The molecule has 0 bridgehead atoms. The number of anilines is 1. The summed E-state index contributed by atoms with van der Waals surface area (Å²) in [4.78, 5) is -0.185. The first-order valence-corrected chi connectivity index (χ1v) is 8.14. The zero-order chi connectivity index (χ0) is 16.8. The summed E-state index contributed by atoms with van der Waals surface area (Å²) >= 11 is 0. The summed E-state index contributed by atoms with van der Waals surface area (Å²) in [6, 6.07) is 15.3. The van der Waals surface area contributed by atoms with Crippen molar-refractivity contribution in [1.82, 2.24) is 0 Å². The van der Waals surface area contributed by atoms with E-state index in [1.807, 2.05) is 12.1 Å². The first-order valence-electron chi connectivity index (χ1n) is 6.74. The highest BCUT2D eigenvalue weighted by atomic mass is 32.2.